The second kappa shape index (κ2) is 8.02. The summed E-state index contributed by atoms with van der Waals surface area (Å²) in [5.74, 6) is 0.0821. The molecule has 1 aliphatic carbocycles. The minimum absolute atomic E-state index is 0.0821. The van der Waals surface area contributed by atoms with Gasteiger partial charge in [-0.25, -0.2) is 0 Å². The lowest BCUT2D eigenvalue weighted by Gasteiger charge is -2.26. The first-order chi connectivity index (χ1) is 9.81. The summed E-state index contributed by atoms with van der Waals surface area (Å²) in [5, 5.41) is 6.34. The Morgan fingerprint density at radius 1 is 1.35 bits per heavy atom. The van der Waals surface area contributed by atoms with E-state index in [1.54, 1.807) is 7.11 Å². The Hall–Kier alpha value is -1.39. The van der Waals surface area contributed by atoms with Crippen molar-refractivity contribution in [2.45, 2.75) is 31.7 Å². The van der Waals surface area contributed by atoms with Crippen molar-refractivity contribution in [3.8, 4) is 0 Å². The Labute approximate surface area is 120 Å². The third-order valence-electron chi connectivity index (χ3n) is 3.74. The maximum Gasteiger partial charge on any atom is 0.221 e. The first kappa shape index (κ1) is 15.0. The van der Waals surface area contributed by atoms with Crippen LogP contribution in [0.1, 0.15) is 36.4 Å². The van der Waals surface area contributed by atoms with Crippen molar-refractivity contribution < 1.29 is 9.53 Å². The molecule has 0 saturated heterocycles. The van der Waals surface area contributed by atoms with Crippen molar-refractivity contribution in [2.75, 3.05) is 26.8 Å². The van der Waals surface area contributed by atoms with E-state index >= 15 is 0 Å². The highest BCUT2D eigenvalue weighted by Crippen LogP contribution is 2.29. The van der Waals surface area contributed by atoms with Crippen LogP contribution >= 0.6 is 0 Å². The van der Waals surface area contributed by atoms with Crippen LogP contribution in [0, 0.1) is 0 Å². The predicted octanol–water partition coefficient (Wildman–Crippen LogP) is 1.81. The molecule has 4 heteroatoms. The monoisotopic (exact) mass is 276 g/mol. The van der Waals surface area contributed by atoms with Gasteiger partial charge >= 0.3 is 0 Å². The molecule has 1 aliphatic rings. The van der Waals surface area contributed by atoms with Gasteiger partial charge in [0.25, 0.3) is 0 Å². The molecule has 0 bridgehead atoms. The lowest BCUT2D eigenvalue weighted by Crippen LogP contribution is -2.32. The zero-order valence-electron chi connectivity index (χ0n) is 12.2. The molecule has 0 saturated carbocycles. The molecule has 4 nitrogen and oxygen atoms in total. The quantitative estimate of drug-likeness (QED) is 0.747. The Bertz CT molecular complexity index is 434. The Morgan fingerprint density at radius 2 is 2.20 bits per heavy atom. The highest BCUT2D eigenvalue weighted by molar-refractivity contribution is 5.76. The summed E-state index contributed by atoms with van der Waals surface area (Å²) in [6.07, 6.45) is 4.06. The van der Waals surface area contributed by atoms with Gasteiger partial charge in [-0.05, 0) is 30.4 Å². The summed E-state index contributed by atoms with van der Waals surface area (Å²) < 4.78 is 4.90. The molecular weight excluding hydrogens is 252 g/mol. The average Bonchev–Trinajstić information content (AvgIpc) is 2.48. The zero-order valence-corrected chi connectivity index (χ0v) is 12.2. The van der Waals surface area contributed by atoms with E-state index in [1.165, 1.54) is 24.0 Å². The first-order valence-corrected chi connectivity index (χ1v) is 7.38. The minimum atomic E-state index is 0.0821. The number of carbonyl (C=O) groups excluding carboxylic acids is 1. The molecule has 0 aliphatic heterocycles. The fourth-order valence-electron chi connectivity index (χ4n) is 2.71. The van der Waals surface area contributed by atoms with Crippen LogP contribution in [0.4, 0.5) is 0 Å². The average molecular weight is 276 g/mol. The molecule has 0 heterocycles. The Balaban J connectivity index is 1.74. The van der Waals surface area contributed by atoms with E-state index in [9.17, 15) is 4.79 Å². The molecule has 1 aromatic carbocycles. The summed E-state index contributed by atoms with van der Waals surface area (Å²) >= 11 is 0. The largest absolute Gasteiger partial charge is 0.383 e. The minimum Gasteiger partial charge on any atom is -0.383 e. The standard InChI is InChI=1S/C16H24N2O2/c1-20-12-11-18-16(19)9-10-17-15-8-4-6-13-5-2-3-7-14(13)15/h2-3,5,7,15,17H,4,6,8-12H2,1H3,(H,18,19). The molecule has 1 unspecified atom stereocenters. The number of aryl methyl sites for hydroxylation is 1. The number of hydrogen-bond donors (Lipinski definition) is 2. The molecule has 1 aromatic rings. The van der Waals surface area contributed by atoms with Gasteiger partial charge in [-0.1, -0.05) is 24.3 Å². The third-order valence-corrected chi connectivity index (χ3v) is 3.74. The number of fused-ring (bicyclic) bond motifs is 1. The molecule has 1 atom stereocenters. The van der Waals surface area contributed by atoms with Crippen molar-refractivity contribution in [3.63, 3.8) is 0 Å². The predicted molar refractivity (Wildman–Crippen MR) is 79.6 cm³/mol. The molecule has 2 rings (SSSR count). The summed E-state index contributed by atoms with van der Waals surface area (Å²) in [6, 6.07) is 9.00. The van der Waals surface area contributed by atoms with Gasteiger partial charge in [0.05, 0.1) is 6.61 Å². The molecule has 0 fully saturated rings. The van der Waals surface area contributed by atoms with Crippen molar-refractivity contribution in [3.05, 3.63) is 35.4 Å². The number of methoxy groups -OCH3 is 1. The molecule has 0 spiro atoms. The van der Waals surface area contributed by atoms with E-state index in [1.807, 2.05) is 0 Å². The fraction of sp³-hybridized carbons (Fsp3) is 0.562. The van der Waals surface area contributed by atoms with Crippen LogP contribution in [-0.4, -0.2) is 32.7 Å². The topological polar surface area (TPSA) is 50.4 Å². The van der Waals surface area contributed by atoms with Gasteiger partial charge in [0.2, 0.25) is 5.91 Å². The molecule has 0 aromatic heterocycles. The lowest BCUT2D eigenvalue weighted by atomic mass is 9.88. The maximum atomic E-state index is 11.6. The fourth-order valence-corrected chi connectivity index (χ4v) is 2.71. The number of rotatable bonds is 7. The Morgan fingerprint density at radius 3 is 3.05 bits per heavy atom. The van der Waals surface area contributed by atoms with Crippen LogP contribution in [0.5, 0.6) is 0 Å². The summed E-state index contributed by atoms with van der Waals surface area (Å²) in [4.78, 5) is 11.6. The highest BCUT2D eigenvalue weighted by atomic mass is 16.5. The van der Waals surface area contributed by atoms with Crippen LogP contribution in [0.2, 0.25) is 0 Å². The third kappa shape index (κ3) is 4.32. The van der Waals surface area contributed by atoms with Crippen molar-refractivity contribution in [2.24, 2.45) is 0 Å². The van der Waals surface area contributed by atoms with E-state index in [0.29, 0.717) is 25.6 Å². The second-order valence-electron chi connectivity index (χ2n) is 5.19. The molecular formula is C16H24N2O2. The van der Waals surface area contributed by atoms with E-state index in [0.717, 1.165) is 13.0 Å². The molecule has 2 N–H and O–H groups in total. The Kier molecular flexibility index (Phi) is 6.02. The summed E-state index contributed by atoms with van der Waals surface area (Å²) in [5.41, 5.74) is 2.85. The number of benzene rings is 1. The first-order valence-electron chi connectivity index (χ1n) is 7.38. The lowest BCUT2D eigenvalue weighted by molar-refractivity contribution is -0.121. The van der Waals surface area contributed by atoms with Gasteiger partial charge < -0.3 is 15.4 Å². The van der Waals surface area contributed by atoms with Crippen LogP contribution < -0.4 is 10.6 Å². The van der Waals surface area contributed by atoms with Crippen LogP contribution in [0.15, 0.2) is 24.3 Å². The van der Waals surface area contributed by atoms with E-state index in [-0.39, 0.29) is 5.91 Å². The molecule has 110 valence electrons. The maximum absolute atomic E-state index is 11.6. The van der Waals surface area contributed by atoms with Gasteiger partial charge in [-0.3, -0.25) is 4.79 Å². The number of amides is 1. The van der Waals surface area contributed by atoms with E-state index < -0.39 is 0 Å². The van der Waals surface area contributed by atoms with Gasteiger partial charge in [-0.15, -0.1) is 0 Å². The summed E-state index contributed by atoms with van der Waals surface area (Å²) in [7, 11) is 1.63. The number of hydrogen-bond acceptors (Lipinski definition) is 3. The highest BCUT2D eigenvalue weighted by Gasteiger charge is 2.18. The van der Waals surface area contributed by atoms with Crippen molar-refractivity contribution in [1.29, 1.82) is 0 Å². The zero-order chi connectivity index (χ0) is 14.2. The van der Waals surface area contributed by atoms with Crippen LogP contribution in [0.25, 0.3) is 0 Å². The number of nitrogens with one attached hydrogen (secondary N) is 2. The smallest absolute Gasteiger partial charge is 0.221 e. The van der Waals surface area contributed by atoms with Gasteiger partial charge in [0, 0.05) is 32.7 Å². The number of carbonyl (C=O) groups is 1. The van der Waals surface area contributed by atoms with E-state index in [2.05, 4.69) is 34.9 Å². The van der Waals surface area contributed by atoms with Crippen LogP contribution in [-0.2, 0) is 16.0 Å². The van der Waals surface area contributed by atoms with E-state index in [4.69, 9.17) is 4.74 Å². The van der Waals surface area contributed by atoms with Crippen molar-refractivity contribution in [1.82, 2.24) is 10.6 Å². The van der Waals surface area contributed by atoms with Crippen molar-refractivity contribution >= 4 is 5.91 Å². The van der Waals surface area contributed by atoms with Crippen LogP contribution in [0.3, 0.4) is 0 Å². The SMILES string of the molecule is COCCNC(=O)CCNC1CCCc2ccccc21. The van der Waals surface area contributed by atoms with Gasteiger partial charge in [0.1, 0.15) is 0 Å². The molecule has 20 heavy (non-hydrogen) atoms. The molecule has 0 radical (unpaired) electrons. The summed E-state index contributed by atoms with van der Waals surface area (Å²) in [6.45, 7) is 1.87. The molecule has 1 amide bonds. The van der Waals surface area contributed by atoms with Gasteiger partial charge in [0.15, 0.2) is 0 Å². The second-order valence-corrected chi connectivity index (χ2v) is 5.19. The normalized spacial score (nSPS) is 17.6. The number of ether oxygens (including phenoxy) is 1. The van der Waals surface area contributed by atoms with Gasteiger partial charge in [-0.2, -0.15) is 0 Å².